The minimum absolute atomic E-state index is 0.0847. The van der Waals surface area contributed by atoms with Crippen LogP contribution in [-0.4, -0.2) is 24.4 Å². The van der Waals surface area contributed by atoms with E-state index in [0.717, 1.165) is 12.8 Å². The van der Waals surface area contributed by atoms with Gasteiger partial charge in [0.05, 0.1) is 6.54 Å². The number of nitrogens with one attached hydrogen (secondary N) is 1. The molecule has 0 saturated carbocycles. The normalized spacial score (nSPS) is 16.6. The van der Waals surface area contributed by atoms with Gasteiger partial charge in [-0.2, -0.15) is 0 Å². The SMILES string of the molecule is CN(CC(=O)Nc1ccc(F)cc1)[C@H]1CCc2ccccc21. The van der Waals surface area contributed by atoms with Crippen LogP contribution < -0.4 is 5.32 Å². The fourth-order valence-electron chi connectivity index (χ4n) is 3.06. The van der Waals surface area contributed by atoms with E-state index in [4.69, 9.17) is 0 Å². The molecule has 0 aromatic heterocycles. The van der Waals surface area contributed by atoms with Crippen LogP contribution in [0.5, 0.6) is 0 Å². The Bertz CT molecular complexity index is 669. The minimum atomic E-state index is -0.308. The number of fused-ring (bicyclic) bond motifs is 1. The van der Waals surface area contributed by atoms with Gasteiger partial charge in [0, 0.05) is 11.7 Å². The van der Waals surface area contributed by atoms with Gasteiger partial charge in [-0.3, -0.25) is 9.69 Å². The van der Waals surface area contributed by atoms with Crippen LogP contribution in [-0.2, 0) is 11.2 Å². The molecule has 2 aromatic carbocycles. The van der Waals surface area contributed by atoms with E-state index >= 15 is 0 Å². The van der Waals surface area contributed by atoms with Crippen LogP contribution in [0.15, 0.2) is 48.5 Å². The predicted octanol–water partition coefficient (Wildman–Crippen LogP) is 3.38. The number of hydrogen-bond donors (Lipinski definition) is 1. The van der Waals surface area contributed by atoms with E-state index in [1.54, 1.807) is 12.1 Å². The molecule has 0 unspecified atom stereocenters. The molecule has 1 aliphatic carbocycles. The molecule has 1 amide bonds. The summed E-state index contributed by atoms with van der Waals surface area (Å²) in [6.45, 7) is 0.316. The number of benzene rings is 2. The number of hydrogen-bond acceptors (Lipinski definition) is 2. The summed E-state index contributed by atoms with van der Waals surface area (Å²) in [6.07, 6.45) is 2.10. The lowest BCUT2D eigenvalue weighted by Gasteiger charge is -2.24. The molecule has 0 fully saturated rings. The number of likely N-dealkylation sites (N-methyl/N-ethyl adjacent to an activating group) is 1. The second-order valence-electron chi connectivity index (χ2n) is 5.72. The zero-order chi connectivity index (χ0) is 15.5. The lowest BCUT2D eigenvalue weighted by molar-refractivity contribution is -0.117. The molecule has 22 heavy (non-hydrogen) atoms. The van der Waals surface area contributed by atoms with E-state index < -0.39 is 0 Å². The lowest BCUT2D eigenvalue weighted by atomic mass is 10.1. The van der Waals surface area contributed by atoms with Gasteiger partial charge < -0.3 is 5.32 Å². The number of anilines is 1. The average Bonchev–Trinajstić information content (AvgIpc) is 2.93. The largest absolute Gasteiger partial charge is 0.325 e. The van der Waals surface area contributed by atoms with Crippen molar-refractivity contribution in [1.29, 1.82) is 0 Å². The summed E-state index contributed by atoms with van der Waals surface area (Å²) in [6, 6.07) is 14.5. The number of halogens is 1. The summed E-state index contributed by atoms with van der Waals surface area (Å²) in [5.41, 5.74) is 3.31. The van der Waals surface area contributed by atoms with Crippen LogP contribution in [0.2, 0.25) is 0 Å². The molecule has 0 bridgehead atoms. The maximum absolute atomic E-state index is 12.9. The number of carbonyl (C=O) groups is 1. The summed E-state index contributed by atoms with van der Waals surface area (Å²) in [5, 5.41) is 2.80. The van der Waals surface area contributed by atoms with E-state index in [1.165, 1.54) is 23.3 Å². The van der Waals surface area contributed by atoms with Crippen molar-refractivity contribution in [3.05, 3.63) is 65.5 Å². The Labute approximate surface area is 129 Å². The number of carbonyl (C=O) groups excluding carboxylic acids is 1. The first-order valence-electron chi connectivity index (χ1n) is 7.47. The molecule has 114 valence electrons. The Hall–Kier alpha value is -2.20. The van der Waals surface area contributed by atoms with Crippen LogP contribution >= 0.6 is 0 Å². The number of rotatable bonds is 4. The Morgan fingerprint density at radius 3 is 2.73 bits per heavy atom. The molecule has 0 aliphatic heterocycles. The smallest absolute Gasteiger partial charge is 0.238 e. The van der Waals surface area contributed by atoms with E-state index in [2.05, 4.69) is 28.4 Å². The first-order valence-corrected chi connectivity index (χ1v) is 7.47. The number of aryl methyl sites for hydroxylation is 1. The fraction of sp³-hybridized carbons (Fsp3) is 0.278. The Balaban J connectivity index is 1.61. The molecule has 0 saturated heterocycles. The molecule has 3 nitrogen and oxygen atoms in total. The van der Waals surface area contributed by atoms with Crippen LogP contribution in [0.1, 0.15) is 23.6 Å². The zero-order valence-corrected chi connectivity index (χ0v) is 12.6. The summed E-state index contributed by atoms with van der Waals surface area (Å²) in [7, 11) is 1.97. The Morgan fingerprint density at radius 1 is 1.23 bits per heavy atom. The standard InChI is InChI=1S/C18H19FN2O/c1-21(17-11-6-13-4-2-3-5-16(13)17)12-18(22)20-15-9-7-14(19)8-10-15/h2-5,7-10,17H,6,11-12H2,1H3,(H,20,22)/t17-/m0/s1. The molecule has 1 atom stereocenters. The van der Waals surface area contributed by atoms with Gasteiger partial charge in [-0.05, 0) is 55.3 Å². The Morgan fingerprint density at radius 2 is 1.95 bits per heavy atom. The quantitative estimate of drug-likeness (QED) is 0.938. The molecule has 4 heteroatoms. The summed E-state index contributed by atoms with van der Waals surface area (Å²) in [5.74, 6) is -0.392. The topological polar surface area (TPSA) is 32.3 Å². The lowest BCUT2D eigenvalue weighted by Crippen LogP contribution is -2.32. The van der Waals surface area contributed by atoms with E-state index in [-0.39, 0.29) is 17.8 Å². The summed E-state index contributed by atoms with van der Waals surface area (Å²) < 4.78 is 12.9. The van der Waals surface area contributed by atoms with Crippen molar-refractivity contribution in [3.63, 3.8) is 0 Å². The highest BCUT2D eigenvalue weighted by Gasteiger charge is 2.26. The maximum Gasteiger partial charge on any atom is 0.238 e. The van der Waals surface area contributed by atoms with Gasteiger partial charge in [0.25, 0.3) is 0 Å². The van der Waals surface area contributed by atoms with Gasteiger partial charge in [0.15, 0.2) is 0 Å². The molecule has 0 spiro atoms. The highest BCUT2D eigenvalue weighted by atomic mass is 19.1. The predicted molar refractivity (Wildman–Crippen MR) is 85.2 cm³/mol. The van der Waals surface area contributed by atoms with Crippen molar-refractivity contribution >= 4 is 11.6 Å². The maximum atomic E-state index is 12.9. The van der Waals surface area contributed by atoms with Crippen molar-refractivity contribution in [2.24, 2.45) is 0 Å². The third-order valence-electron chi connectivity index (χ3n) is 4.15. The molecule has 1 aliphatic rings. The third kappa shape index (κ3) is 3.17. The van der Waals surface area contributed by atoms with Crippen molar-refractivity contribution in [2.75, 3.05) is 18.9 Å². The van der Waals surface area contributed by atoms with Crippen molar-refractivity contribution in [2.45, 2.75) is 18.9 Å². The molecule has 0 radical (unpaired) electrons. The molecule has 3 rings (SSSR count). The highest BCUT2D eigenvalue weighted by Crippen LogP contribution is 2.34. The molecular formula is C18H19FN2O. The van der Waals surface area contributed by atoms with Crippen LogP contribution in [0.25, 0.3) is 0 Å². The van der Waals surface area contributed by atoms with Gasteiger partial charge >= 0.3 is 0 Å². The molecule has 2 aromatic rings. The first-order chi connectivity index (χ1) is 10.6. The zero-order valence-electron chi connectivity index (χ0n) is 12.6. The monoisotopic (exact) mass is 298 g/mol. The van der Waals surface area contributed by atoms with Gasteiger partial charge in [-0.15, -0.1) is 0 Å². The number of nitrogens with zero attached hydrogens (tertiary/aromatic N) is 1. The second kappa shape index (κ2) is 6.28. The van der Waals surface area contributed by atoms with Crippen molar-refractivity contribution in [3.8, 4) is 0 Å². The molecule has 1 N–H and O–H groups in total. The van der Waals surface area contributed by atoms with E-state index in [0.29, 0.717) is 12.2 Å². The second-order valence-corrected chi connectivity index (χ2v) is 5.72. The number of amides is 1. The molecule has 0 heterocycles. The Kier molecular flexibility index (Phi) is 4.20. The molecular weight excluding hydrogens is 279 g/mol. The summed E-state index contributed by atoms with van der Waals surface area (Å²) >= 11 is 0. The van der Waals surface area contributed by atoms with Crippen LogP contribution in [0, 0.1) is 5.82 Å². The van der Waals surface area contributed by atoms with Crippen molar-refractivity contribution < 1.29 is 9.18 Å². The summed E-state index contributed by atoms with van der Waals surface area (Å²) in [4.78, 5) is 14.2. The first kappa shape index (κ1) is 14.7. The van der Waals surface area contributed by atoms with E-state index in [9.17, 15) is 9.18 Å². The van der Waals surface area contributed by atoms with Crippen LogP contribution in [0.3, 0.4) is 0 Å². The van der Waals surface area contributed by atoms with Crippen molar-refractivity contribution in [1.82, 2.24) is 4.90 Å². The van der Waals surface area contributed by atoms with Gasteiger partial charge in [0.2, 0.25) is 5.91 Å². The average molecular weight is 298 g/mol. The van der Waals surface area contributed by atoms with Gasteiger partial charge in [-0.1, -0.05) is 24.3 Å². The highest BCUT2D eigenvalue weighted by molar-refractivity contribution is 5.92. The van der Waals surface area contributed by atoms with Gasteiger partial charge in [-0.25, -0.2) is 4.39 Å². The van der Waals surface area contributed by atoms with Gasteiger partial charge in [0.1, 0.15) is 5.82 Å². The third-order valence-corrected chi connectivity index (χ3v) is 4.15. The fourth-order valence-corrected chi connectivity index (χ4v) is 3.06. The van der Waals surface area contributed by atoms with Crippen LogP contribution in [0.4, 0.5) is 10.1 Å². The minimum Gasteiger partial charge on any atom is -0.325 e. The van der Waals surface area contributed by atoms with E-state index in [1.807, 2.05) is 13.1 Å².